The molecule has 1 fully saturated rings. The van der Waals surface area contributed by atoms with Gasteiger partial charge in [0, 0.05) is 23.7 Å². The topological polar surface area (TPSA) is 62.6 Å². The monoisotopic (exact) mass is 404 g/mol. The van der Waals surface area contributed by atoms with Gasteiger partial charge in [0.25, 0.3) is 5.91 Å². The average Bonchev–Trinajstić information content (AvgIpc) is 2.80. The van der Waals surface area contributed by atoms with Gasteiger partial charge in [-0.2, -0.15) is 0 Å². The van der Waals surface area contributed by atoms with Gasteiger partial charge in [-0.15, -0.1) is 0 Å². The van der Waals surface area contributed by atoms with Crippen LogP contribution in [0.15, 0.2) is 57.7 Å². The molecule has 0 bridgehead atoms. The fourth-order valence-electron chi connectivity index (χ4n) is 4.18. The lowest BCUT2D eigenvalue weighted by molar-refractivity contribution is 0.0930. The highest BCUT2D eigenvalue weighted by Gasteiger charge is 2.20. The minimum atomic E-state index is -0.213. The van der Waals surface area contributed by atoms with Crippen LogP contribution in [-0.2, 0) is 0 Å². The maximum atomic E-state index is 13.0. The van der Waals surface area contributed by atoms with Gasteiger partial charge in [0.05, 0.1) is 10.9 Å². The van der Waals surface area contributed by atoms with E-state index in [2.05, 4.69) is 17.1 Å². The number of hydrogen-bond donors (Lipinski definition) is 1. The first-order valence-electron chi connectivity index (χ1n) is 10.7. The number of likely N-dealkylation sites (tertiary alicyclic amines) is 1. The van der Waals surface area contributed by atoms with Crippen molar-refractivity contribution in [1.82, 2.24) is 10.2 Å². The van der Waals surface area contributed by atoms with Crippen LogP contribution in [0.5, 0.6) is 0 Å². The van der Waals surface area contributed by atoms with Crippen LogP contribution in [0.25, 0.3) is 22.3 Å². The van der Waals surface area contributed by atoms with Crippen LogP contribution in [0, 0.1) is 6.92 Å². The molecule has 0 aliphatic carbocycles. The number of carbonyl (C=O) groups is 1. The van der Waals surface area contributed by atoms with Gasteiger partial charge in [-0.25, -0.2) is 0 Å². The van der Waals surface area contributed by atoms with E-state index < -0.39 is 0 Å². The van der Waals surface area contributed by atoms with E-state index in [4.69, 9.17) is 4.42 Å². The standard InChI is InChI=1S/C25H28N2O3/c1-17(27-14-7-4-8-15-27)16-26-25(29)21-13-9-12-20-22(28)18(2)23(30-24(20)21)19-10-5-3-6-11-19/h3,5-6,9-13,17H,4,7-8,14-16H2,1-2H3,(H,26,29). The summed E-state index contributed by atoms with van der Waals surface area (Å²) in [5.41, 5.74) is 2.00. The number of nitrogens with one attached hydrogen (secondary N) is 1. The highest BCUT2D eigenvalue weighted by atomic mass is 16.3. The molecule has 1 aromatic heterocycles. The van der Waals surface area contributed by atoms with E-state index in [1.807, 2.05) is 30.3 Å². The summed E-state index contributed by atoms with van der Waals surface area (Å²) in [6.45, 7) is 6.64. The summed E-state index contributed by atoms with van der Waals surface area (Å²) in [5, 5.41) is 3.47. The molecule has 0 radical (unpaired) electrons. The van der Waals surface area contributed by atoms with Crippen molar-refractivity contribution < 1.29 is 9.21 Å². The Bertz CT molecular complexity index is 1100. The van der Waals surface area contributed by atoms with E-state index >= 15 is 0 Å². The van der Waals surface area contributed by atoms with Gasteiger partial charge >= 0.3 is 0 Å². The molecule has 0 saturated carbocycles. The highest BCUT2D eigenvalue weighted by Crippen LogP contribution is 2.27. The summed E-state index contributed by atoms with van der Waals surface area (Å²) in [7, 11) is 0. The van der Waals surface area contributed by atoms with Crippen LogP contribution < -0.4 is 10.7 Å². The molecular formula is C25H28N2O3. The summed E-state index contributed by atoms with van der Waals surface area (Å²) in [5.74, 6) is 0.297. The number of piperidine rings is 1. The molecule has 5 heteroatoms. The van der Waals surface area contributed by atoms with Crippen molar-refractivity contribution in [3.63, 3.8) is 0 Å². The predicted molar refractivity (Wildman–Crippen MR) is 120 cm³/mol. The summed E-state index contributed by atoms with van der Waals surface area (Å²) >= 11 is 0. The average molecular weight is 405 g/mol. The highest BCUT2D eigenvalue weighted by molar-refractivity contribution is 6.05. The van der Waals surface area contributed by atoms with E-state index in [1.165, 1.54) is 19.3 Å². The number of nitrogens with zero attached hydrogens (tertiary/aromatic N) is 1. The fraction of sp³-hybridized carbons (Fsp3) is 0.360. The van der Waals surface area contributed by atoms with Crippen molar-refractivity contribution in [3.05, 3.63) is 69.9 Å². The molecule has 0 spiro atoms. The van der Waals surface area contributed by atoms with Crippen LogP contribution in [-0.4, -0.2) is 36.5 Å². The Labute approximate surface area is 176 Å². The Balaban J connectivity index is 1.64. The fourth-order valence-corrected chi connectivity index (χ4v) is 4.18. The van der Waals surface area contributed by atoms with E-state index in [1.54, 1.807) is 25.1 Å². The van der Waals surface area contributed by atoms with Gasteiger partial charge in [-0.05, 0) is 51.9 Å². The van der Waals surface area contributed by atoms with Crippen molar-refractivity contribution in [2.75, 3.05) is 19.6 Å². The quantitative estimate of drug-likeness (QED) is 0.686. The molecule has 156 valence electrons. The summed E-state index contributed by atoms with van der Waals surface area (Å²) < 4.78 is 6.16. The summed E-state index contributed by atoms with van der Waals surface area (Å²) in [4.78, 5) is 28.4. The van der Waals surface area contributed by atoms with Crippen LogP contribution in [0.2, 0.25) is 0 Å². The summed E-state index contributed by atoms with van der Waals surface area (Å²) in [6.07, 6.45) is 3.72. The molecule has 1 saturated heterocycles. The maximum absolute atomic E-state index is 13.0. The van der Waals surface area contributed by atoms with Gasteiger partial charge in [0.2, 0.25) is 0 Å². The zero-order valence-corrected chi connectivity index (χ0v) is 17.6. The lowest BCUT2D eigenvalue weighted by atomic mass is 10.0. The van der Waals surface area contributed by atoms with E-state index in [9.17, 15) is 9.59 Å². The smallest absolute Gasteiger partial charge is 0.255 e. The number of fused-ring (bicyclic) bond motifs is 1. The lowest BCUT2D eigenvalue weighted by Gasteiger charge is -2.32. The molecule has 3 aromatic rings. The van der Waals surface area contributed by atoms with Gasteiger partial charge in [-0.3, -0.25) is 14.5 Å². The van der Waals surface area contributed by atoms with Crippen LogP contribution in [0.1, 0.15) is 42.1 Å². The normalized spacial score (nSPS) is 15.8. The first-order valence-corrected chi connectivity index (χ1v) is 10.7. The minimum Gasteiger partial charge on any atom is -0.455 e. The lowest BCUT2D eigenvalue weighted by Crippen LogP contribution is -2.44. The molecule has 2 aromatic carbocycles. The molecule has 1 amide bonds. The zero-order chi connectivity index (χ0) is 21.1. The predicted octanol–water partition coefficient (Wildman–Crippen LogP) is 4.37. The molecule has 5 nitrogen and oxygen atoms in total. The largest absolute Gasteiger partial charge is 0.455 e. The van der Waals surface area contributed by atoms with Gasteiger partial charge in [0.15, 0.2) is 11.0 Å². The zero-order valence-electron chi connectivity index (χ0n) is 17.6. The molecular weight excluding hydrogens is 376 g/mol. The van der Waals surface area contributed by atoms with Gasteiger partial charge in [-0.1, -0.05) is 42.8 Å². The second kappa shape index (κ2) is 8.84. The number of hydrogen-bond acceptors (Lipinski definition) is 4. The number of carbonyl (C=O) groups excluding carboxylic acids is 1. The SMILES string of the molecule is Cc1c(-c2ccccc2)oc2c(C(=O)NCC(C)N3CCCCC3)cccc2c1=O. The Kier molecular flexibility index (Phi) is 6.00. The van der Waals surface area contributed by atoms with E-state index in [-0.39, 0.29) is 17.4 Å². The van der Waals surface area contributed by atoms with Crippen LogP contribution >= 0.6 is 0 Å². The molecule has 4 rings (SSSR count). The molecule has 1 aliphatic rings. The van der Waals surface area contributed by atoms with Crippen LogP contribution in [0.4, 0.5) is 0 Å². The first kappa shape index (κ1) is 20.4. The number of amides is 1. The summed E-state index contributed by atoms with van der Waals surface area (Å²) in [6, 6.07) is 15.0. The van der Waals surface area contributed by atoms with Crippen molar-refractivity contribution in [2.45, 2.75) is 39.2 Å². The molecule has 1 aliphatic heterocycles. The molecule has 1 N–H and O–H groups in total. The van der Waals surface area contributed by atoms with Crippen molar-refractivity contribution in [1.29, 1.82) is 0 Å². The van der Waals surface area contributed by atoms with E-state index in [0.717, 1.165) is 18.7 Å². The Morgan fingerprint density at radius 1 is 1.07 bits per heavy atom. The Morgan fingerprint density at radius 3 is 2.53 bits per heavy atom. The molecule has 30 heavy (non-hydrogen) atoms. The second-order valence-electron chi connectivity index (χ2n) is 8.09. The molecule has 1 atom stereocenters. The number of benzene rings is 2. The third-order valence-corrected chi connectivity index (χ3v) is 6.00. The van der Waals surface area contributed by atoms with Gasteiger partial charge in [0.1, 0.15) is 5.76 Å². The van der Waals surface area contributed by atoms with Crippen LogP contribution in [0.3, 0.4) is 0 Å². The van der Waals surface area contributed by atoms with Crippen molar-refractivity contribution in [2.24, 2.45) is 0 Å². The van der Waals surface area contributed by atoms with Crippen molar-refractivity contribution in [3.8, 4) is 11.3 Å². The van der Waals surface area contributed by atoms with Gasteiger partial charge < -0.3 is 9.73 Å². The van der Waals surface area contributed by atoms with Crippen molar-refractivity contribution >= 4 is 16.9 Å². The third kappa shape index (κ3) is 4.03. The first-order chi connectivity index (χ1) is 14.6. The second-order valence-corrected chi connectivity index (χ2v) is 8.09. The third-order valence-electron chi connectivity index (χ3n) is 6.00. The Hall–Kier alpha value is -2.92. The van der Waals surface area contributed by atoms with E-state index in [0.29, 0.717) is 34.4 Å². The molecule has 1 unspecified atom stereocenters. The minimum absolute atomic E-state index is 0.105. The maximum Gasteiger partial charge on any atom is 0.255 e. The number of rotatable bonds is 5. The number of para-hydroxylation sites is 1. The Morgan fingerprint density at radius 2 is 1.80 bits per heavy atom. The molecule has 2 heterocycles.